The lowest BCUT2D eigenvalue weighted by atomic mass is 10.1. The Labute approximate surface area is 195 Å². The highest BCUT2D eigenvalue weighted by Gasteiger charge is 2.41. The van der Waals surface area contributed by atoms with Gasteiger partial charge in [-0.25, -0.2) is 0 Å². The molecule has 0 saturated carbocycles. The molecule has 1 fully saturated rings. The molecule has 7 heteroatoms. The topological polar surface area (TPSA) is 73.0 Å². The van der Waals surface area contributed by atoms with E-state index in [-0.39, 0.29) is 17.7 Å². The number of hydrogen-bond acceptors (Lipinski definition) is 4. The van der Waals surface area contributed by atoms with Crippen LogP contribution >= 0.6 is 0 Å². The fraction of sp³-hybridized carbons (Fsp3) is 0.423. The molecule has 1 unspecified atom stereocenters. The summed E-state index contributed by atoms with van der Waals surface area (Å²) in [6.07, 6.45) is 1.54. The third-order valence-corrected chi connectivity index (χ3v) is 6.65. The molecule has 0 aliphatic carbocycles. The van der Waals surface area contributed by atoms with Crippen LogP contribution < -0.4 is 10.2 Å². The molecule has 2 aromatic rings. The number of carbonyl (C=O) groups is 3. The van der Waals surface area contributed by atoms with E-state index < -0.39 is 6.04 Å². The fourth-order valence-corrected chi connectivity index (χ4v) is 4.69. The highest BCUT2D eigenvalue weighted by atomic mass is 16.2. The number of rotatable bonds is 8. The van der Waals surface area contributed by atoms with Crippen LogP contribution in [0.2, 0.25) is 0 Å². The largest absolute Gasteiger partial charge is 0.351 e. The monoisotopic (exact) mass is 448 g/mol. The van der Waals surface area contributed by atoms with Crippen molar-refractivity contribution in [1.29, 1.82) is 0 Å². The maximum absolute atomic E-state index is 13.4. The van der Waals surface area contributed by atoms with Gasteiger partial charge in [0.05, 0.1) is 17.8 Å². The molecule has 33 heavy (non-hydrogen) atoms. The average Bonchev–Trinajstić information content (AvgIpc) is 3.32. The Bertz CT molecular complexity index is 1020. The van der Waals surface area contributed by atoms with Gasteiger partial charge >= 0.3 is 0 Å². The molecule has 0 radical (unpaired) electrons. The zero-order valence-electron chi connectivity index (χ0n) is 19.4. The van der Waals surface area contributed by atoms with Crippen LogP contribution in [0.5, 0.6) is 0 Å². The number of nitrogens with zero attached hydrogens (tertiary/aromatic N) is 3. The van der Waals surface area contributed by atoms with Crippen LogP contribution in [-0.4, -0.2) is 66.3 Å². The van der Waals surface area contributed by atoms with Crippen molar-refractivity contribution in [2.24, 2.45) is 0 Å². The van der Waals surface area contributed by atoms with Crippen LogP contribution in [0.4, 0.5) is 5.69 Å². The molecule has 1 saturated heterocycles. The van der Waals surface area contributed by atoms with E-state index in [4.69, 9.17) is 0 Å². The standard InChI is InChI=1S/C26H32N4O3/c1-3-28(4-2)17-15-27-24(31)20-13-11-19(12-14-20)18-30-22-9-6-5-8-21(22)25(32)29-16-7-10-23(29)26(30)33/h5-6,8-9,11-14,23H,3-4,7,10,15-18H2,1-2H3,(H,27,31). The lowest BCUT2D eigenvalue weighted by molar-refractivity contribution is -0.122. The van der Waals surface area contributed by atoms with Crippen molar-refractivity contribution < 1.29 is 14.4 Å². The van der Waals surface area contributed by atoms with E-state index in [0.717, 1.165) is 31.6 Å². The predicted octanol–water partition coefficient (Wildman–Crippen LogP) is 2.91. The Morgan fingerprint density at radius 1 is 1.06 bits per heavy atom. The van der Waals surface area contributed by atoms with Crippen molar-refractivity contribution >= 4 is 23.4 Å². The van der Waals surface area contributed by atoms with Crippen LogP contribution in [0, 0.1) is 0 Å². The van der Waals surface area contributed by atoms with Crippen molar-refractivity contribution in [2.45, 2.75) is 39.3 Å². The third kappa shape index (κ3) is 4.78. The van der Waals surface area contributed by atoms with Gasteiger partial charge in [-0.1, -0.05) is 38.1 Å². The molecule has 1 atom stereocenters. The number of amides is 3. The summed E-state index contributed by atoms with van der Waals surface area (Å²) in [6.45, 7) is 8.55. The fourth-order valence-electron chi connectivity index (χ4n) is 4.69. The quantitative estimate of drug-likeness (QED) is 0.674. The van der Waals surface area contributed by atoms with Crippen molar-refractivity contribution in [2.75, 3.05) is 37.6 Å². The Morgan fingerprint density at radius 2 is 1.79 bits per heavy atom. The zero-order chi connectivity index (χ0) is 23.4. The Kier molecular flexibility index (Phi) is 7.08. The van der Waals surface area contributed by atoms with Gasteiger partial charge in [0.15, 0.2) is 0 Å². The molecule has 2 aliphatic heterocycles. The van der Waals surface area contributed by atoms with E-state index in [2.05, 4.69) is 24.1 Å². The van der Waals surface area contributed by atoms with Gasteiger partial charge in [-0.05, 0) is 55.8 Å². The van der Waals surface area contributed by atoms with E-state index >= 15 is 0 Å². The van der Waals surface area contributed by atoms with Gasteiger partial charge < -0.3 is 20.0 Å². The first-order valence-electron chi connectivity index (χ1n) is 11.8. The van der Waals surface area contributed by atoms with E-state index in [0.29, 0.717) is 42.9 Å². The summed E-state index contributed by atoms with van der Waals surface area (Å²) >= 11 is 0. The number of anilines is 1. The number of carbonyl (C=O) groups excluding carboxylic acids is 3. The molecule has 1 N–H and O–H groups in total. The summed E-state index contributed by atoms with van der Waals surface area (Å²) in [5, 5.41) is 2.97. The lowest BCUT2D eigenvalue weighted by Gasteiger charge is -2.26. The summed E-state index contributed by atoms with van der Waals surface area (Å²) < 4.78 is 0. The van der Waals surface area contributed by atoms with Crippen molar-refractivity contribution in [1.82, 2.24) is 15.1 Å². The summed E-state index contributed by atoms with van der Waals surface area (Å²) in [6, 6.07) is 14.3. The van der Waals surface area contributed by atoms with Crippen molar-refractivity contribution in [3.05, 3.63) is 65.2 Å². The van der Waals surface area contributed by atoms with Crippen LogP contribution in [0.3, 0.4) is 0 Å². The molecule has 3 amide bonds. The number of nitrogens with one attached hydrogen (secondary N) is 1. The second-order valence-corrected chi connectivity index (χ2v) is 8.58. The summed E-state index contributed by atoms with van der Waals surface area (Å²) in [7, 11) is 0. The highest BCUT2D eigenvalue weighted by molar-refractivity contribution is 6.11. The van der Waals surface area contributed by atoms with Gasteiger partial charge in [-0.2, -0.15) is 0 Å². The molecule has 0 aromatic heterocycles. The van der Waals surface area contributed by atoms with Crippen molar-refractivity contribution in [3.8, 4) is 0 Å². The summed E-state index contributed by atoms with van der Waals surface area (Å²) in [5.41, 5.74) is 2.73. The Hall–Kier alpha value is -3.19. The molecule has 2 heterocycles. The van der Waals surface area contributed by atoms with E-state index in [1.807, 2.05) is 30.3 Å². The minimum Gasteiger partial charge on any atom is -0.351 e. The van der Waals surface area contributed by atoms with Crippen LogP contribution in [-0.2, 0) is 11.3 Å². The number of fused-ring (bicyclic) bond motifs is 2. The second-order valence-electron chi connectivity index (χ2n) is 8.58. The van der Waals surface area contributed by atoms with Crippen LogP contribution in [0.15, 0.2) is 48.5 Å². The molecular formula is C26H32N4O3. The number of likely N-dealkylation sites (N-methyl/N-ethyl adjacent to an activating group) is 1. The first-order chi connectivity index (χ1) is 16.0. The maximum Gasteiger partial charge on any atom is 0.256 e. The number of para-hydroxylation sites is 1. The van der Waals surface area contributed by atoms with E-state index in [9.17, 15) is 14.4 Å². The van der Waals surface area contributed by atoms with Gasteiger partial charge in [-0.3, -0.25) is 14.4 Å². The van der Waals surface area contributed by atoms with Gasteiger partial charge in [0, 0.05) is 25.2 Å². The molecule has 0 spiro atoms. The van der Waals surface area contributed by atoms with Gasteiger partial charge in [0.25, 0.3) is 11.8 Å². The molecule has 2 aromatic carbocycles. The van der Waals surface area contributed by atoms with E-state index in [1.54, 1.807) is 28.0 Å². The maximum atomic E-state index is 13.4. The molecule has 174 valence electrons. The van der Waals surface area contributed by atoms with Crippen molar-refractivity contribution in [3.63, 3.8) is 0 Å². The van der Waals surface area contributed by atoms with Crippen LogP contribution in [0.1, 0.15) is 53.0 Å². The smallest absolute Gasteiger partial charge is 0.256 e. The second kappa shape index (κ2) is 10.2. The summed E-state index contributed by atoms with van der Waals surface area (Å²) in [4.78, 5) is 44.6. The Balaban J connectivity index is 1.48. The predicted molar refractivity (Wildman–Crippen MR) is 128 cm³/mol. The van der Waals surface area contributed by atoms with Gasteiger partial charge in [-0.15, -0.1) is 0 Å². The lowest BCUT2D eigenvalue weighted by Crippen LogP contribution is -2.44. The minimum atomic E-state index is -0.402. The molecular weight excluding hydrogens is 416 g/mol. The number of benzene rings is 2. The molecule has 0 bridgehead atoms. The molecule has 7 nitrogen and oxygen atoms in total. The highest BCUT2D eigenvalue weighted by Crippen LogP contribution is 2.33. The minimum absolute atomic E-state index is 0.0379. The van der Waals surface area contributed by atoms with Crippen LogP contribution in [0.25, 0.3) is 0 Å². The SMILES string of the molecule is CCN(CC)CCNC(=O)c1ccc(CN2C(=O)C3CCCN3C(=O)c3ccccc32)cc1. The first kappa shape index (κ1) is 23.0. The zero-order valence-corrected chi connectivity index (χ0v) is 19.4. The summed E-state index contributed by atoms with van der Waals surface area (Å²) in [5.74, 6) is -0.207. The Morgan fingerprint density at radius 3 is 2.52 bits per heavy atom. The van der Waals surface area contributed by atoms with Gasteiger partial charge in [0.2, 0.25) is 5.91 Å². The number of hydrogen-bond donors (Lipinski definition) is 1. The normalized spacial score (nSPS) is 17.7. The first-order valence-corrected chi connectivity index (χ1v) is 11.8. The molecule has 2 aliphatic rings. The molecule has 4 rings (SSSR count). The van der Waals surface area contributed by atoms with Gasteiger partial charge in [0.1, 0.15) is 6.04 Å². The average molecular weight is 449 g/mol. The van der Waals surface area contributed by atoms with E-state index in [1.165, 1.54) is 0 Å². The third-order valence-electron chi connectivity index (χ3n) is 6.65.